The third kappa shape index (κ3) is 3.07. The summed E-state index contributed by atoms with van der Waals surface area (Å²) >= 11 is 0. The Labute approximate surface area is 109 Å². The lowest BCUT2D eigenvalue weighted by atomic mass is 10.2. The maximum atomic E-state index is 4.00. The van der Waals surface area contributed by atoms with Crippen LogP contribution in [0.15, 0.2) is 12.7 Å². The third-order valence-corrected chi connectivity index (χ3v) is 8.00. The molecule has 2 heterocycles. The van der Waals surface area contributed by atoms with E-state index in [0.29, 0.717) is 0 Å². The summed E-state index contributed by atoms with van der Waals surface area (Å²) in [5.41, 5.74) is 0. The maximum Gasteiger partial charge on any atom is 0.0192 e. The number of rotatable bonds is 4. The molecule has 0 atom stereocenters. The summed E-state index contributed by atoms with van der Waals surface area (Å²) in [6, 6.07) is 0. The molecule has 100 valence electrons. The average molecular weight is 256 g/mol. The molecule has 3 heteroatoms. The Balaban J connectivity index is 2.08. The van der Waals surface area contributed by atoms with Crippen LogP contribution in [0.5, 0.6) is 0 Å². The highest BCUT2D eigenvalue weighted by molar-refractivity contribution is 8.29. The van der Waals surface area contributed by atoms with Crippen LogP contribution in [0.1, 0.15) is 38.5 Å². The van der Waals surface area contributed by atoms with E-state index >= 15 is 0 Å². The van der Waals surface area contributed by atoms with Gasteiger partial charge in [0.1, 0.15) is 0 Å². The summed E-state index contributed by atoms with van der Waals surface area (Å²) in [6.45, 7) is 9.27. The van der Waals surface area contributed by atoms with E-state index in [2.05, 4.69) is 27.5 Å². The van der Waals surface area contributed by atoms with Gasteiger partial charge >= 0.3 is 0 Å². The van der Waals surface area contributed by atoms with Crippen molar-refractivity contribution in [3.05, 3.63) is 12.7 Å². The van der Waals surface area contributed by atoms with Crippen LogP contribution in [0.25, 0.3) is 0 Å². The van der Waals surface area contributed by atoms with Gasteiger partial charge in [0, 0.05) is 31.9 Å². The summed E-state index contributed by atoms with van der Waals surface area (Å²) < 4.78 is 5.59. The van der Waals surface area contributed by atoms with E-state index in [1.54, 1.807) is 0 Å². The second-order valence-corrected chi connectivity index (χ2v) is 8.78. The van der Waals surface area contributed by atoms with Crippen molar-refractivity contribution in [3.63, 3.8) is 0 Å². The zero-order chi connectivity index (χ0) is 12.1. The maximum absolute atomic E-state index is 4.00. The fourth-order valence-electron chi connectivity index (χ4n) is 3.11. The number of hydrogen-bond acceptors (Lipinski definition) is 2. The SMILES string of the molecule is C=CCS(C)(N1CCCCC1)N1CCCCC1. The highest BCUT2D eigenvalue weighted by Gasteiger charge is 2.33. The van der Waals surface area contributed by atoms with Crippen molar-refractivity contribution in [2.45, 2.75) is 38.5 Å². The molecule has 2 saturated heterocycles. The van der Waals surface area contributed by atoms with Crippen molar-refractivity contribution in [2.24, 2.45) is 0 Å². The Morgan fingerprint density at radius 1 is 0.882 bits per heavy atom. The van der Waals surface area contributed by atoms with E-state index in [4.69, 9.17) is 0 Å². The van der Waals surface area contributed by atoms with Crippen LogP contribution in [0, 0.1) is 0 Å². The molecule has 0 aromatic carbocycles. The topological polar surface area (TPSA) is 6.48 Å². The Hall–Kier alpha value is 0.01000. The zero-order valence-corrected chi connectivity index (χ0v) is 12.2. The molecule has 0 aromatic heterocycles. The molecule has 0 aliphatic carbocycles. The van der Waals surface area contributed by atoms with E-state index in [1.165, 1.54) is 70.5 Å². The molecular formula is C14H28N2S. The van der Waals surface area contributed by atoms with Crippen LogP contribution in [0.2, 0.25) is 0 Å². The van der Waals surface area contributed by atoms with Crippen LogP contribution in [0.3, 0.4) is 0 Å². The van der Waals surface area contributed by atoms with Crippen molar-refractivity contribution in [1.82, 2.24) is 8.61 Å². The lowest BCUT2D eigenvalue weighted by molar-refractivity contribution is 0.317. The van der Waals surface area contributed by atoms with Crippen LogP contribution in [-0.2, 0) is 0 Å². The Morgan fingerprint density at radius 3 is 1.65 bits per heavy atom. The van der Waals surface area contributed by atoms with Gasteiger partial charge in [-0.1, -0.05) is 18.9 Å². The van der Waals surface area contributed by atoms with Gasteiger partial charge in [0.2, 0.25) is 0 Å². The summed E-state index contributed by atoms with van der Waals surface area (Å²) in [4.78, 5) is 0. The molecule has 2 aliphatic rings. The van der Waals surface area contributed by atoms with Gasteiger partial charge in [-0.2, -0.15) is 0 Å². The average Bonchev–Trinajstić information content (AvgIpc) is 2.41. The molecule has 2 nitrogen and oxygen atoms in total. The van der Waals surface area contributed by atoms with Crippen molar-refractivity contribution in [3.8, 4) is 0 Å². The highest BCUT2D eigenvalue weighted by Crippen LogP contribution is 2.53. The quantitative estimate of drug-likeness (QED) is 0.711. The highest BCUT2D eigenvalue weighted by atomic mass is 32.3. The normalized spacial score (nSPS) is 25.7. The molecule has 0 spiro atoms. The zero-order valence-electron chi connectivity index (χ0n) is 11.4. The second kappa shape index (κ2) is 6.26. The molecule has 17 heavy (non-hydrogen) atoms. The predicted molar refractivity (Wildman–Crippen MR) is 79.4 cm³/mol. The van der Waals surface area contributed by atoms with Crippen molar-refractivity contribution in [2.75, 3.05) is 38.2 Å². The van der Waals surface area contributed by atoms with E-state index in [-0.39, 0.29) is 0 Å². The van der Waals surface area contributed by atoms with Crippen molar-refractivity contribution >= 4 is 10.4 Å². The monoisotopic (exact) mass is 256 g/mol. The van der Waals surface area contributed by atoms with E-state index in [0.717, 1.165) is 0 Å². The number of nitrogens with zero attached hydrogens (tertiary/aromatic N) is 2. The summed E-state index contributed by atoms with van der Waals surface area (Å²) in [5, 5.41) is 0. The molecule has 0 bridgehead atoms. The van der Waals surface area contributed by atoms with Gasteiger partial charge in [-0.15, -0.1) is 17.0 Å². The van der Waals surface area contributed by atoms with Gasteiger partial charge in [-0.3, -0.25) is 8.61 Å². The number of piperidine rings is 2. The van der Waals surface area contributed by atoms with Crippen LogP contribution < -0.4 is 0 Å². The first-order chi connectivity index (χ1) is 8.27. The minimum absolute atomic E-state index is 0.744. The van der Waals surface area contributed by atoms with Gasteiger partial charge in [0.25, 0.3) is 0 Å². The second-order valence-electron chi connectivity index (χ2n) is 5.43. The molecule has 0 saturated carbocycles. The lowest BCUT2D eigenvalue weighted by Gasteiger charge is -2.55. The molecule has 0 aromatic rings. The smallest absolute Gasteiger partial charge is 0.0192 e. The van der Waals surface area contributed by atoms with Crippen LogP contribution in [-0.4, -0.2) is 46.8 Å². The van der Waals surface area contributed by atoms with Gasteiger partial charge in [-0.05, 0) is 31.9 Å². The minimum atomic E-state index is -0.744. The fraction of sp³-hybridized carbons (Fsp3) is 0.857. The first-order valence-corrected chi connectivity index (χ1v) is 9.27. The summed E-state index contributed by atoms with van der Waals surface area (Å²) in [5.74, 6) is 1.19. The predicted octanol–water partition coefficient (Wildman–Crippen LogP) is 3.41. The molecule has 0 amide bonds. The minimum Gasteiger partial charge on any atom is -0.256 e. The van der Waals surface area contributed by atoms with E-state index in [9.17, 15) is 0 Å². The van der Waals surface area contributed by atoms with Gasteiger partial charge in [0.15, 0.2) is 0 Å². The van der Waals surface area contributed by atoms with Crippen molar-refractivity contribution < 1.29 is 0 Å². The summed E-state index contributed by atoms with van der Waals surface area (Å²) in [7, 11) is -0.744. The standard InChI is InChI=1S/C14H28N2S/c1-3-14-17(2,15-10-6-4-7-11-15)16-12-8-5-9-13-16/h3H,1,4-14H2,2H3. The molecule has 0 N–H and O–H groups in total. The van der Waals surface area contributed by atoms with E-state index in [1.807, 2.05) is 0 Å². The first-order valence-electron chi connectivity index (χ1n) is 7.14. The Kier molecular flexibility index (Phi) is 4.95. The Morgan fingerprint density at radius 2 is 1.29 bits per heavy atom. The Bertz CT molecular complexity index is 225. The van der Waals surface area contributed by atoms with Crippen LogP contribution in [0.4, 0.5) is 0 Å². The largest absolute Gasteiger partial charge is 0.256 e. The molecule has 2 rings (SSSR count). The van der Waals surface area contributed by atoms with Gasteiger partial charge < -0.3 is 0 Å². The van der Waals surface area contributed by atoms with Gasteiger partial charge in [-0.25, -0.2) is 0 Å². The van der Waals surface area contributed by atoms with Crippen molar-refractivity contribution in [1.29, 1.82) is 0 Å². The third-order valence-electron chi connectivity index (χ3n) is 4.18. The fourth-order valence-corrected chi connectivity index (χ4v) is 6.40. The van der Waals surface area contributed by atoms with Gasteiger partial charge in [0.05, 0.1) is 0 Å². The van der Waals surface area contributed by atoms with Crippen LogP contribution >= 0.6 is 10.4 Å². The summed E-state index contributed by atoms with van der Waals surface area (Å²) in [6.07, 6.45) is 13.1. The number of hydrogen-bond donors (Lipinski definition) is 0. The molecule has 2 aliphatic heterocycles. The van der Waals surface area contributed by atoms with E-state index < -0.39 is 10.4 Å². The molecule has 2 fully saturated rings. The lowest BCUT2D eigenvalue weighted by Crippen LogP contribution is -2.45. The molecular weight excluding hydrogens is 228 g/mol. The molecule has 0 unspecified atom stereocenters. The first kappa shape index (κ1) is 13.4. The molecule has 0 radical (unpaired) electrons.